The predicted molar refractivity (Wildman–Crippen MR) is 82.7 cm³/mol. The molecule has 0 bridgehead atoms. The van der Waals surface area contributed by atoms with Gasteiger partial charge in [-0.3, -0.25) is 4.79 Å². The molecule has 1 aromatic carbocycles. The molecule has 1 N–H and O–H groups in total. The topological polar surface area (TPSA) is 42.2 Å². The second-order valence-electron chi connectivity index (χ2n) is 4.30. The van der Waals surface area contributed by atoms with Crippen molar-refractivity contribution in [1.82, 2.24) is 5.32 Å². The lowest BCUT2D eigenvalue weighted by Crippen LogP contribution is -2.24. The highest BCUT2D eigenvalue weighted by atomic mass is 35.5. The van der Waals surface area contributed by atoms with Crippen LogP contribution < -0.4 is 5.32 Å². The van der Waals surface area contributed by atoms with Crippen LogP contribution in [0.1, 0.15) is 16.9 Å². The normalized spacial score (nSPS) is 10.4. The van der Waals surface area contributed by atoms with E-state index in [1.165, 1.54) is 5.56 Å². The summed E-state index contributed by atoms with van der Waals surface area (Å²) in [7, 11) is 0. The zero-order valence-electron chi connectivity index (χ0n) is 11.0. The summed E-state index contributed by atoms with van der Waals surface area (Å²) < 4.78 is 5.15. The van der Waals surface area contributed by atoms with E-state index in [0.29, 0.717) is 18.2 Å². The Morgan fingerprint density at radius 1 is 1.20 bits per heavy atom. The molecule has 20 heavy (non-hydrogen) atoms. The number of carbonyl (C=O) groups excluding carboxylic acids is 1. The summed E-state index contributed by atoms with van der Waals surface area (Å²) in [6.45, 7) is 0.441. The highest BCUT2D eigenvalue weighted by Crippen LogP contribution is 2.14. The molecule has 0 saturated carbocycles. The summed E-state index contributed by atoms with van der Waals surface area (Å²) in [5.41, 5.74) is 2.30. The molecular formula is C15H16ClNO2S. The molecule has 0 aliphatic rings. The molecule has 0 aliphatic carbocycles. The van der Waals surface area contributed by atoms with Gasteiger partial charge in [0.05, 0.1) is 18.6 Å². The van der Waals surface area contributed by atoms with Gasteiger partial charge in [-0.1, -0.05) is 24.3 Å². The predicted octanol–water partition coefficient (Wildman–Crippen LogP) is 3.57. The van der Waals surface area contributed by atoms with E-state index in [4.69, 9.17) is 16.0 Å². The zero-order valence-corrected chi connectivity index (χ0v) is 12.5. The first kappa shape index (κ1) is 15.0. The van der Waals surface area contributed by atoms with Crippen LogP contribution in [-0.4, -0.2) is 11.7 Å². The molecule has 1 aromatic heterocycles. The van der Waals surface area contributed by atoms with Gasteiger partial charge in [0, 0.05) is 11.6 Å². The molecule has 0 spiro atoms. The van der Waals surface area contributed by atoms with E-state index in [9.17, 15) is 4.79 Å². The van der Waals surface area contributed by atoms with Gasteiger partial charge in [-0.05, 0) is 23.3 Å². The van der Waals surface area contributed by atoms with Crippen molar-refractivity contribution in [3.8, 4) is 0 Å². The number of nitrogens with one attached hydrogen (secondary N) is 1. The molecule has 0 unspecified atom stereocenters. The Bertz CT molecular complexity index is 525. The highest BCUT2D eigenvalue weighted by Gasteiger charge is 2.03. The van der Waals surface area contributed by atoms with E-state index in [2.05, 4.69) is 5.32 Å². The zero-order chi connectivity index (χ0) is 14.2. The van der Waals surface area contributed by atoms with Crippen molar-refractivity contribution in [2.75, 3.05) is 5.75 Å². The van der Waals surface area contributed by atoms with Gasteiger partial charge in [0.2, 0.25) is 5.91 Å². The summed E-state index contributed by atoms with van der Waals surface area (Å²) in [5, 5.41) is 2.82. The molecule has 5 heteroatoms. The van der Waals surface area contributed by atoms with Crippen LogP contribution in [0.5, 0.6) is 0 Å². The highest BCUT2D eigenvalue weighted by molar-refractivity contribution is 7.99. The van der Waals surface area contributed by atoms with Gasteiger partial charge < -0.3 is 9.73 Å². The number of thioether (sulfide) groups is 1. The summed E-state index contributed by atoms with van der Waals surface area (Å²) in [6.07, 6.45) is 1.60. The molecule has 0 fully saturated rings. The second kappa shape index (κ2) is 8.02. The van der Waals surface area contributed by atoms with Gasteiger partial charge in [-0.15, -0.1) is 23.4 Å². The fraction of sp³-hybridized carbons (Fsp3) is 0.267. The minimum atomic E-state index is 0.0174. The SMILES string of the molecule is O=C(CSCc1ccc(CCl)cc1)NCc1ccco1. The number of benzene rings is 1. The van der Waals surface area contributed by atoms with Gasteiger partial charge in [-0.25, -0.2) is 0 Å². The fourth-order valence-electron chi connectivity index (χ4n) is 1.64. The van der Waals surface area contributed by atoms with Gasteiger partial charge in [0.1, 0.15) is 5.76 Å². The maximum atomic E-state index is 11.6. The quantitative estimate of drug-likeness (QED) is 0.795. The molecule has 2 rings (SSSR count). The second-order valence-corrected chi connectivity index (χ2v) is 5.55. The molecular weight excluding hydrogens is 294 g/mol. The van der Waals surface area contributed by atoms with E-state index in [1.54, 1.807) is 24.1 Å². The van der Waals surface area contributed by atoms with Crippen molar-refractivity contribution >= 4 is 29.3 Å². The largest absolute Gasteiger partial charge is 0.467 e. The summed E-state index contributed by atoms with van der Waals surface area (Å²) in [5.74, 6) is 2.57. The van der Waals surface area contributed by atoms with Crippen LogP contribution in [0.4, 0.5) is 0 Å². The first-order valence-electron chi connectivity index (χ1n) is 6.28. The molecule has 0 atom stereocenters. The van der Waals surface area contributed by atoms with Crippen LogP contribution in [0, 0.1) is 0 Å². The first-order chi connectivity index (χ1) is 9.78. The third-order valence-electron chi connectivity index (χ3n) is 2.72. The van der Waals surface area contributed by atoms with Crippen molar-refractivity contribution in [2.45, 2.75) is 18.2 Å². The van der Waals surface area contributed by atoms with Crippen molar-refractivity contribution in [2.24, 2.45) is 0 Å². The molecule has 0 saturated heterocycles. The molecule has 3 nitrogen and oxygen atoms in total. The molecule has 0 radical (unpaired) electrons. The van der Waals surface area contributed by atoms with Crippen molar-refractivity contribution in [1.29, 1.82) is 0 Å². The van der Waals surface area contributed by atoms with E-state index >= 15 is 0 Å². The van der Waals surface area contributed by atoms with Gasteiger partial charge in [-0.2, -0.15) is 0 Å². The van der Waals surface area contributed by atoms with Crippen LogP contribution in [-0.2, 0) is 23.0 Å². The fourth-order valence-corrected chi connectivity index (χ4v) is 2.63. The Hall–Kier alpha value is -1.39. The van der Waals surface area contributed by atoms with Crippen LogP contribution >= 0.6 is 23.4 Å². The van der Waals surface area contributed by atoms with Crippen LogP contribution in [0.15, 0.2) is 47.1 Å². The number of hydrogen-bond acceptors (Lipinski definition) is 3. The molecule has 106 valence electrons. The minimum Gasteiger partial charge on any atom is -0.467 e. The van der Waals surface area contributed by atoms with E-state index in [0.717, 1.165) is 17.1 Å². The van der Waals surface area contributed by atoms with E-state index in [1.807, 2.05) is 30.3 Å². The van der Waals surface area contributed by atoms with Crippen molar-refractivity contribution in [3.05, 3.63) is 59.5 Å². The number of carbonyl (C=O) groups is 1. The number of alkyl halides is 1. The lowest BCUT2D eigenvalue weighted by atomic mass is 10.2. The Kier molecular flexibility index (Phi) is 6.02. The standard InChI is InChI=1S/C15H16ClNO2S/c16-8-12-3-5-13(6-4-12)10-20-11-15(18)17-9-14-2-1-7-19-14/h1-7H,8-11H2,(H,17,18). The van der Waals surface area contributed by atoms with Gasteiger partial charge in [0.25, 0.3) is 0 Å². The lowest BCUT2D eigenvalue weighted by molar-refractivity contribution is -0.118. The van der Waals surface area contributed by atoms with Crippen LogP contribution in [0.25, 0.3) is 0 Å². The Labute approximate surface area is 127 Å². The van der Waals surface area contributed by atoms with Crippen LogP contribution in [0.2, 0.25) is 0 Å². The molecule has 1 amide bonds. The Morgan fingerprint density at radius 2 is 1.95 bits per heavy atom. The number of rotatable bonds is 7. The summed E-state index contributed by atoms with van der Waals surface area (Å²) in [4.78, 5) is 11.6. The average molecular weight is 310 g/mol. The Balaban J connectivity index is 1.65. The van der Waals surface area contributed by atoms with Crippen molar-refractivity contribution < 1.29 is 9.21 Å². The Morgan fingerprint density at radius 3 is 2.60 bits per heavy atom. The minimum absolute atomic E-state index is 0.0174. The summed E-state index contributed by atoms with van der Waals surface area (Å²) >= 11 is 7.33. The number of hydrogen-bond donors (Lipinski definition) is 1. The maximum absolute atomic E-state index is 11.6. The van der Waals surface area contributed by atoms with E-state index in [-0.39, 0.29) is 5.91 Å². The van der Waals surface area contributed by atoms with E-state index < -0.39 is 0 Å². The summed E-state index contributed by atoms with van der Waals surface area (Å²) in [6, 6.07) is 11.8. The third-order valence-corrected chi connectivity index (χ3v) is 4.03. The smallest absolute Gasteiger partial charge is 0.230 e. The van der Waals surface area contributed by atoms with Gasteiger partial charge >= 0.3 is 0 Å². The van der Waals surface area contributed by atoms with Crippen molar-refractivity contribution in [3.63, 3.8) is 0 Å². The first-order valence-corrected chi connectivity index (χ1v) is 7.97. The average Bonchev–Trinajstić information content (AvgIpc) is 2.99. The maximum Gasteiger partial charge on any atom is 0.230 e. The number of halogens is 1. The van der Waals surface area contributed by atoms with Gasteiger partial charge in [0.15, 0.2) is 0 Å². The van der Waals surface area contributed by atoms with Crippen LogP contribution in [0.3, 0.4) is 0 Å². The molecule has 0 aliphatic heterocycles. The third kappa shape index (κ3) is 4.94. The number of furan rings is 1. The lowest BCUT2D eigenvalue weighted by Gasteiger charge is -2.04. The molecule has 2 aromatic rings. The molecule has 1 heterocycles. The number of amides is 1. The monoisotopic (exact) mass is 309 g/mol.